The fourth-order valence-electron chi connectivity index (χ4n) is 9.38. The third-order valence-corrected chi connectivity index (χ3v) is 11.5. The van der Waals surface area contributed by atoms with Crippen molar-refractivity contribution in [3.8, 4) is 0 Å². The first-order valence-electron chi connectivity index (χ1n) is 15.3. The fourth-order valence-corrected chi connectivity index (χ4v) is 9.38. The normalized spacial score (nSPS) is 39.1. The van der Waals surface area contributed by atoms with Crippen LogP contribution in [-0.4, -0.2) is 59.9 Å². The first-order chi connectivity index (χ1) is 18.3. The molecule has 0 bridgehead atoms. The van der Waals surface area contributed by atoms with E-state index in [0.29, 0.717) is 48.5 Å². The van der Waals surface area contributed by atoms with Gasteiger partial charge >= 0.3 is 6.09 Å². The van der Waals surface area contributed by atoms with E-state index in [-0.39, 0.29) is 24.0 Å². The highest BCUT2D eigenvalue weighted by molar-refractivity contribution is 5.91. The molecule has 0 aromatic rings. The lowest BCUT2D eigenvalue weighted by Gasteiger charge is -2.58. The summed E-state index contributed by atoms with van der Waals surface area (Å²) < 4.78 is 0. The maximum Gasteiger partial charge on any atom is 0.436 e. The monoisotopic (exact) mass is 527 g/mol. The van der Waals surface area contributed by atoms with Crippen molar-refractivity contribution in [1.82, 2.24) is 10.2 Å². The van der Waals surface area contributed by atoms with Gasteiger partial charge < -0.3 is 15.3 Å². The van der Waals surface area contributed by atoms with Gasteiger partial charge in [0.15, 0.2) is 5.78 Å². The minimum Gasteiger partial charge on any atom is -0.395 e. The molecule has 1 unspecified atom stereocenters. The minimum absolute atomic E-state index is 0.0786. The second-order valence-electron chi connectivity index (χ2n) is 13.4. The van der Waals surface area contributed by atoms with Crippen LogP contribution in [-0.2, 0) is 9.63 Å². The van der Waals surface area contributed by atoms with Gasteiger partial charge in [-0.05, 0) is 112 Å². The zero-order valence-electron chi connectivity index (χ0n) is 23.8. The van der Waals surface area contributed by atoms with Crippen molar-refractivity contribution >= 4 is 17.6 Å². The van der Waals surface area contributed by atoms with Crippen LogP contribution >= 0.6 is 0 Å². The van der Waals surface area contributed by atoms with E-state index in [9.17, 15) is 14.7 Å². The molecule has 7 heteroatoms. The second kappa shape index (κ2) is 11.4. The molecule has 38 heavy (non-hydrogen) atoms. The smallest absolute Gasteiger partial charge is 0.395 e. The molecule has 0 radical (unpaired) electrons. The van der Waals surface area contributed by atoms with Crippen LogP contribution in [0.1, 0.15) is 97.8 Å². The van der Waals surface area contributed by atoms with Gasteiger partial charge in [0, 0.05) is 31.5 Å². The Labute approximate surface area is 228 Å². The van der Waals surface area contributed by atoms with E-state index < -0.39 is 6.09 Å². The van der Waals surface area contributed by atoms with Crippen LogP contribution in [0.4, 0.5) is 4.79 Å². The lowest BCUT2D eigenvalue weighted by molar-refractivity contribution is -0.117. The zero-order chi connectivity index (χ0) is 26.9. The molecule has 5 aliphatic rings. The van der Waals surface area contributed by atoms with E-state index in [1.54, 1.807) is 4.90 Å². The number of nitrogens with zero attached hydrogens (tertiary/aromatic N) is 2. The van der Waals surface area contributed by atoms with Crippen LogP contribution in [0.3, 0.4) is 0 Å². The summed E-state index contributed by atoms with van der Waals surface area (Å²) >= 11 is 0. The fraction of sp³-hybridized carbons (Fsp3) is 0.839. The van der Waals surface area contributed by atoms with E-state index in [0.717, 1.165) is 44.4 Å². The number of hydrogen-bond acceptors (Lipinski definition) is 6. The minimum atomic E-state index is -0.455. The largest absolute Gasteiger partial charge is 0.436 e. The van der Waals surface area contributed by atoms with Gasteiger partial charge in [-0.15, -0.1) is 0 Å². The van der Waals surface area contributed by atoms with Crippen LogP contribution in [0.15, 0.2) is 16.8 Å². The third-order valence-electron chi connectivity index (χ3n) is 11.5. The SMILES string of the molecule is C/C(=N\OC(=O)N(CCO)CCC1CCCCN1)[C@H]1CC[C@H]2[C@@H]3CCC4=CC(=O)CC[C@]4(C)[C@H]3CC[C@]12C. The number of aliphatic hydroxyl groups excluding tert-OH is 1. The Morgan fingerprint density at radius 1 is 1.11 bits per heavy atom. The maximum absolute atomic E-state index is 12.9. The third kappa shape index (κ3) is 5.22. The van der Waals surface area contributed by atoms with Gasteiger partial charge in [0.25, 0.3) is 0 Å². The number of fused-ring (bicyclic) bond motifs is 5. The molecule has 4 fully saturated rings. The first-order valence-corrected chi connectivity index (χ1v) is 15.3. The Morgan fingerprint density at radius 2 is 1.95 bits per heavy atom. The topological polar surface area (TPSA) is 91.2 Å². The van der Waals surface area contributed by atoms with Crippen molar-refractivity contribution < 1.29 is 19.5 Å². The van der Waals surface area contributed by atoms with Crippen molar-refractivity contribution in [1.29, 1.82) is 0 Å². The Kier molecular flexibility index (Phi) is 8.35. The first kappa shape index (κ1) is 27.8. The molecule has 3 saturated carbocycles. The van der Waals surface area contributed by atoms with Gasteiger partial charge in [0.05, 0.1) is 12.3 Å². The van der Waals surface area contributed by atoms with E-state index in [4.69, 9.17) is 4.84 Å². The van der Waals surface area contributed by atoms with E-state index in [1.165, 1.54) is 44.1 Å². The molecule has 7 atom stereocenters. The van der Waals surface area contributed by atoms with Crippen molar-refractivity contribution in [2.24, 2.45) is 39.7 Å². The molecular formula is C31H49N3O4. The van der Waals surface area contributed by atoms with Crippen molar-refractivity contribution in [2.75, 3.05) is 26.2 Å². The van der Waals surface area contributed by atoms with Crippen molar-refractivity contribution in [2.45, 2.75) is 104 Å². The quantitative estimate of drug-likeness (QED) is 0.260. The zero-order valence-corrected chi connectivity index (χ0v) is 23.8. The van der Waals surface area contributed by atoms with Crippen LogP contribution in [0.5, 0.6) is 0 Å². The molecule has 1 aliphatic heterocycles. The van der Waals surface area contributed by atoms with E-state index in [2.05, 4.69) is 24.3 Å². The number of hydrogen-bond donors (Lipinski definition) is 2. The Morgan fingerprint density at radius 3 is 2.71 bits per heavy atom. The summed E-state index contributed by atoms with van der Waals surface area (Å²) in [5, 5.41) is 17.5. The molecular weight excluding hydrogens is 478 g/mol. The average molecular weight is 528 g/mol. The summed E-state index contributed by atoms with van der Waals surface area (Å²) in [6.07, 6.45) is 14.7. The number of aliphatic hydroxyl groups is 1. The number of nitrogens with one attached hydrogen (secondary N) is 1. The number of amides is 1. The number of rotatable bonds is 7. The maximum atomic E-state index is 12.9. The Bertz CT molecular complexity index is 957. The molecule has 1 heterocycles. The highest BCUT2D eigenvalue weighted by Gasteiger charge is 2.59. The molecule has 4 aliphatic carbocycles. The molecule has 212 valence electrons. The van der Waals surface area contributed by atoms with Crippen LogP contribution < -0.4 is 5.32 Å². The number of piperidine rings is 1. The van der Waals surface area contributed by atoms with Gasteiger partial charge in [-0.3, -0.25) is 9.63 Å². The predicted octanol–water partition coefficient (Wildman–Crippen LogP) is 5.47. The van der Waals surface area contributed by atoms with Crippen LogP contribution in [0.2, 0.25) is 0 Å². The molecule has 1 amide bonds. The highest BCUT2D eigenvalue weighted by Crippen LogP contribution is 2.66. The summed E-state index contributed by atoms with van der Waals surface area (Å²) in [5.41, 5.74) is 2.73. The molecule has 0 aromatic carbocycles. The second-order valence-corrected chi connectivity index (χ2v) is 13.4. The molecule has 0 aromatic heterocycles. The summed E-state index contributed by atoms with van der Waals surface area (Å²) in [7, 11) is 0. The van der Waals surface area contributed by atoms with Gasteiger partial charge in [-0.25, -0.2) is 4.79 Å². The lowest BCUT2D eigenvalue weighted by Crippen LogP contribution is -2.51. The molecule has 5 rings (SSSR count). The van der Waals surface area contributed by atoms with Gasteiger partial charge in [0.1, 0.15) is 0 Å². The van der Waals surface area contributed by atoms with E-state index >= 15 is 0 Å². The average Bonchev–Trinajstić information content (AvgIpc) is 3.28. The van der Waals surface area contributed by atoms with Gasteiger partial charge in [-0.1, -0.05) is 31.0 Å². The molecule has 1 saturated heterocycles. The Hall–Kier alpha value is -1.73. The summed E-state index contributed by atoms with van der Waals surface area (Å²) in [4.78, 5) is 32.1. The lowest BCUT2D eigenvalue weighted by atomic mass is 9.46. The number of ketones is 1. The highest BCUT2D eigenvalue weighted by atomic mass is 16.7. The standard InChI is InChI=1S/C31H49N3O4/c1-21(33-38-29(37)34(18-19-35)17-13-23-6-4-5-16-32-23)26-9-10-27-25-8-7-22-20-24(36)11-14-30(22,2)28(25)12-15-31(26,27)3/h20,23,25-28,32,35H,4-19H2,1-3H3/b33-21+/t23?,25-,26+,27-,28-,30-,31+/m0/s1. The number of carbonyl (C=O) groups is 2. The summed E-state index contributed by atoms with van der Waals surface area (Å²) in [6.45, 7) is 8.73. The number of oxime groups is 1. The van der Waals surface area contributed by atoms with Crippen molar-refractivity contribution in [3.05, 3.63) is 11.6 Å². The summed E-state index contributed by atoms with van der Waals surface area (Å²) in [6, 6.07) is 0.427. The van der Waals surface area contributed by atoms with Crippen LogP contribution in [0, 0.1) is 34.5 Å². The van der Waals surface area contributed by atoms with Gasteiger partial charge in [0.2, 0.25) is 0 Å². The van der Waals surface area contributed by atoms with Crippen molar-refractivity contribution in [3.63, 3.8) is 0 Å². The van der Waals surface area contributed by atoms with Gasteiger partial charge in [-0.2, -0.15) is 0 Å². The van der Waals surface area contributed by atoms with E-state index in [1.807, 2.05) is 13.0 Å². The Balaban J connectivity index is 1.22. The summed E-state index contributed by atoms with van der Waals surface area (Å²) in [5.74, 6) is 2.70. The van der Waals surface area contributed by atoms with Crippen LogP contribution in [0.25, 0.3) is 0 Å². The molecule has 7 nitrogen and oxygen atoms in total. The predicted molar refractivity (Wildman–Crippen MR) is 149 cm³/mol. The molecule has 2 N–H and O–H groups in total. The number of allylic oxidation sites excluding steroid dienone is 1. The molecule has 0 spiro atoms. The number of carbonyl (C=O) groups excluding carboxylic acids is 2.